The zero-order valence-corrected chi connectivity index (χ0v) is 19.0. The summed E-state index contributed by atoms with van der Waals surface area (Å²) in [6.07, 6.45) is 3.65. The van der Waals surface area contributed by atoms with Gasteiger partial charge in [-0.1, -0.05) is 26.0 Å². The SMILES string of the molecule is CC(=O)N[C@@H](CC(C)C)C(=O)NC(Cc1cnc(N)nc1)C(=O)c1nc2ccccc2s1. The maximum absolute atomic E-state index is 13.4. The first-order chi connectivity index (χ1) is 15.2. The van der Waals surface area contributed by atoms with Crippen LogP contribution in [0.4, 0.5) is 5.95 Å². The summed E-state index contributed by atoms with van der Waals surface area (Å²) < 4.78 is 0.882. The summed E-state index contributed by atoms with van der Waals surface area (Å²) in [6.45, 7) is 5.27. The van der Waals surface area contributed by atoms with Crippen LogP contribution in [0, 0.1) is 5.92 Å². The van der Waals surface area contributed by atoms with Gasteiger partial charge in [0.25, 0.3) is 0 Å². The highest BCUT2D eigenvalue weighted by atomic mass is 32.1. The number of anilines is 1. The summed E-state index contributed by atoms with van der Waals surface area (Å²) in [5, 5.41) is 5.78. The Morgan fingerprint density at radius 2 is 1.75 bits per heavy atom. The molecule has 2 amide bonds. The molecule has 10 heteroatoms. The van der Waals surface area contributed by atoms with Crippen LogP contribution in [0.2, 0.25) is 0 Å². The van der Waals surface area contributed by atoms with Crippen molar-refractivity contribution in [2.75, 3.05) is 5.73 Å². The largest absolute Gasteiger partial charge is 0.368 e. The molecule has 9 nitrogen and oxygen atoms in total. The zero-order valence-electron chi connectivity index (χ0n) is 18.2. The number of carbonyl (C=O) groups excluding carboxylic acids is 3. The van der Waals surface area contributed by atoms with E-state index in [4.69, 9.17) is 5.73 Å². The maximum Gasteiger partial charge on any atom is 0.243 e. The van der Waals surface area contributed by atoms with Gasteiger partial charge in [-0.05, 0) is 30.0 Å². The summed E-state index contributed by atoms with van der Waals surface area (Å²) >= 11 is 1.27. The van der Waals surface area contributed by atoms with Crippen molar-refractivity contribution in [3.8, 4) is 0 Å². The minimum absolute atomic E-state index is 0.120. The maximum atomic E-state index is 13.4. The highest BCUT2D eigenvalue weighted by Crippen LogP contribution is 2.23. The van der Waals surface area contributed by atoms with Crippen molar-refractivity contribution in [1.29, 1.82) is 0 Å². The number of carbonyl (C=O) groups is 3. The summed E-state index contributed by atoms with van der Waals surface area (Å²) in [7, 11) is 0. The molecule has 1 aromatic carbocycles. The highest BCUT2D eigenvalue weighted by Gasteiger charge is 2.29. The second-order valence-electron chi connectivity index (χ2n) is 7.95. The fourth-order valence-corrected chi connectivity index (χ4v) is 4.22. The smallest absolute Gasteiger partial charge is 0.243 e. The lowest BCUT2D eigenvalue weighted by atomic mass is 10.0. The average molecular weight is 455 g/mol. The molecule has 0 radical (unpaired) electrons. The zero-order chi connectivity index (χ0) is 23.3. The number of aromatic nitrogens is 3. The van der Waals surface area contributed by atoms with Crippen LogP contribution in [-0.4, -0.2) is 44.6 Å². The van der Waals surface area contributed by atoms with Crippen LogP contribution in [0.25, 0.3) is 10.2 Å². The molecule has 32 heavy (non-hydrogen) atoms. The van der Waals surface area contributed by atoms with Crippen molar-refractivity contribution in [2.45, 2.75) is 45.7 Å². The monoisotopic (exact) mass is 454 g/mol. The molecule has 1 unspecified atom stereocenters. The van der Waals surface area contributed by atoms with Crippen molar-refractivity contribution in [3.05, 3.63) is 47.2 Å². The molecule has 4 N–H and O–H groups in total. The standard InChI is InChI=1S/C22H26N6O3S/c1-12(2)8-17(26-13(3)29)20(31)27-16(9-14-10-24-22(23)25-11-14)19(30)21-28-15-6-4-5-7-18(15)32-21/h4-7,10-12,16-17H,8-9H2,1-3H3,(H,26,29)(H,27,31)(H2,23,24,25)/t16?,17-/m0/s1. The number of thiazole rings is 1. The first-order valence-corrected chi connectivity index (χ1v) is 11.1. The number of nitrogens with one attached hydrogen (secondary N) is 2. The third-order valence-electron chi connectivity index (χ3n) is 4.70. The molecule has 3 rings (SSSR count). The quantitative estimate of drug-likeness (QED) is 0.421. The van der Waals surface area contributed by atoms with Gasteiger partial charge in [-0.3, -0.25) is 14.4 Å². The Morgan fingerprint density at radius 3 is 2.38 bits per heavy atom. The molecule has 3 aromatic rings. The number of Topliss-reactive ketones (excluding diaryl/α,β-unsaturated/α-hetero) is 1. The molecule has 0 aliphatic carbocycles. The van der Waals surface area contributed by atoms with Gasteiger partial charge >= 0.3 is 0 Å². The second kappa shape index (κ2) is 10.3. The first-order valence-electron chi connectivity index (χ1n) is 10.3. The molecule has 0 aliphatic heterocycles. The van der Waals surface area contributed by atoms with Crippen LogP contribution in [0.3, 0.4) is 0 Å². The fourth-order valence-electron chi connectivity index (χ4n) is 3.26. The number of para-hydroxylation sites is 1. The molecule has 0 saturated carbocycles. The Balaban J connectivity index is 1.88. The molecule has 0 bridgehead atoms. The molecule has 0 saturated heterocycles. The van der Waals surface area contributed by atoms with E-state index in [1.165, 1.54) is 30.7 Å². The Kier molecular flexibility index (Phi) is 7.47. The van der Waals surface area contributed by atoms with Crippen molar-refractivity contribution >= 4 is 45.1 Å². The number of nitrogens with zero attached hydrogens (tertiary/aromatic N) is 3. The van der Waals surface area contributed by atoms with Gasteiger partial charge in [0.1, 0.15) is 6.04 Å². The van der Waals surface area contributed by atoms with E-state index in [0.29, 0.717) is 17.0 Å². The molecular formula is C22H26N6O3S. The number of amides is 2. The lowest BCUT2D eigenvalue weighted by molar-refractivity contribution is -0.128. The third-order valence-corrected chi connectivity index (χ3v) is 5.75. The predicted molar refractivity (Wildman–Crippen MR) is 123 cm³/mol. The third kappa shape index (κ3) is 6.07. The van der Waals surface area contributed by atoms with Crippen LogP contribution < -0.4 is 16.4 Å². The fraction of sp³-hybridized carbons (Fsp3) is 0.364. The average Bonchev–Trinajstić information content (AvgIpc) is 3.17. The lowest BCUT2D eigenvalue weighted by Crippen LogP contribution is -2.52. The number of fused-ring (bicyclic) bond motifs is 1. The van der Waals surface area contributed by atoms with Gasteiger partial charge in [0.05, 0.1) is 16.3 Å². The number of nitrogens with two attached hydrogens (primary N) is 1. The van der Waals surface area contributed by atoms with Gasteiger partial charge in [-0.2, -0.15) is 0 Å². The van der Waals surface area contributed by atoms with Gasteiger partial charge < -0.3 is 16.4 Å². The molecule has 2 aromatic heterocycles. The number of nitrogen functional groups attached to an aromatic ring is 1. The molecule has 0 spiro atoms. The number of hydrogen-bond donors (Lipinski definition) is 3. The van der Waals surface area contributed by atoms with Crippen molar-refractivity contribution < 1.29 is 14.4 Å². The number of hydrogen-bond acceptors (Lipinski definition) is 8. The number of benzene rings is 1. The van der Waals surface area contributed by atoms with Crippen molar-refractivity contribution in [3.63, 3.8) is 0 Å². The van der Waals surface area contributed by atoms with Crippen LogP contribution in [0.5, 0.6) is 0 Å². The number of ketones is 1. The predicted octanol–water partition coefficient (Wildman–Crippen LogP) is 2.13. The van der Waals surface area contributed by atoms with Crippen LogP contribution >= 0.6 is 11.3 Å². The van der Waals surface area contributed by atoms with E-state index in [2.05, 4.69) is 25.6 Å². The normalized spacial score (nSPS) is 13.0. The molecule has 2 atom stereocenters. The summed E-state index contributed by atoms with van der Waals surface area (Å²) in [5.74, 6) is -0.769. The van der Waals surface area contributed by atoms with Gasteiger partial charge in [-0.25, -0.2) is 15.0 Å². The second-order valence-corrected chi connectivity index (χ2v) is 8.98. The van der Waals surface area contributed by atoms with E-state index in [-0.39, 0.29) is 30.0 Å². The van der Waals surface area contributed by atoms with Gasteiger partial charge in [0.2, 0.25) is 23.5 Å². The van der Waals surface area contributed by atoms with E-state index < -0.39 is 18.0 Å². The minimum atomic E-state index is -0.904. The molecule has 168 valence electrons. The summed E-state index contributed by atoms with van der Waals surface area (Å²) in [6, 6.07) is 5.80. The molecule has 0 aliphatic rings. The Hall–Kier alpha value is -3.40. The van der Waals surface area contributed by atoms with E-state index >= 15 is 0 Å². The van der Waals surface area contributed by atoms with E-state index in [1.54, 1.807) is 0 Å². The van der Waals surface area contributed by atoms with Crippen LogP contribution in [-0.2, 0) is 16.0 Å². The molecular weight excluding hydrogens is 428 g/mol. The van der Waals surface area contributed by atoms with E-state index in [9.17, 15) is 14.4 Å². The molecule has 0 fully saturated rings. The summed E-state index contributed by atoms with van der Waals surface area (Å²) in [4.78, 5) is 50.4. The van der Waals surface area contributed by atoms with Gasteiger partial charge in [0, 0.05) is 25.7 Å². The van der Waals surface area contributed by atoms with Crippen LogP contribution in [0.1, 0.15) is 42.6 Å². The van der Waals surface area contributed by atoms with Crippen molar-refractivity contribution in [2.24, 2.45) is 5.92 Å². The Bertz CT molecular complexity index is 1080. The summed E-state index contributed by atoms with van der Waals surface area (Å²) in [5.41, 5.74) is 6.92. The highest BCUT2D eigenvalue weighted by molar-refractivity contribution is 7.20. The Labute approximate surface area is 189 Å². The number of rotatable bonds is 9. The molecule has 2 heterocycles. The topological polar surface area (TPSA) is 140 Å². The van der Waals surface area contributed by atoms with Gasteiger partial charge in [-0.15, -0.1) is 11.3 Å². The van der Waals surface area contributed by atoms with E-state index in [0.717, 1.165) is 10.2 Å². The van der Waals surface area contributed by atoms with Crippen molar-refractivity contribution in [1.82, 2.24) is 25.6 Å². The first kappa shape index (κ1) is 23.3. The van der Waals surface area contributed by atoms with E-state index in [1.807, 2.05) is 38.1 Å². The van der Waals surface area contributed by atoms with Crippen LogP contribution in [0.15, 0.2) is 36.7 Å². The lowest BCUT2D eigenvalue weighted by Gasteiger charge is -2.23. The minimum Gasteiger partial charge on any atom is -0.368 e. The Morgan fingerprint density at radius 1 is 1.06 bits per heavy atom. The van der Waals surface area contributed by atoms with Gasteiger partial charge in [0.15, 0.2) is 5.01 Å².